The van der Waals surface area contributed by atoms with Gasteiger partial charge in [-0.05, 0) is 50.1 Å². The average Bonchev–Trinajstić information content (AvgIpc) is 3.14. The lowest BCUT2D eigenvalue weighted by atomic mass is 10.2. The first-order valence-electron chi connectivity index (χ1n) is 8.70. The Kier molecular flexibility index (Phi) is 6.04. The zero-order valence-corrected chi connectivity index (χ0v) is 16.2. The third-order valence-electron chi connectivity index (χ3n) is 4.10. The smallest absolute Gasteiger partial charge is 0.266 e. The number of alkyl halides is 3. The van der Waals surface area contributed by atoms with Gasteiger partial charge in [0.1, 0.15) is 0 Å². The Morgan fingerprint density at radius 3 is 2.52 bits per heavy atom. The summed E-state index contributed by atoms with van der Waals surface area (Å²) in [5, 5.41) is 7.75. The van der Waals surface area contributed by atoms with E-state index < -0.39 is 21.9 Å². The van der Waals surface area contributed by atoms with Gasteiger partial charge in [0.15, 0.2) is 0 Å². The van der Waals surface area contributed by atoms with Crippen molar-refractivity contribution in [1.29, 1.82) is 0 Å². The molecule has 1 aromatic heterocycles. The highest BCUT2D eigenvalue weighted by Crippen LogP contribution is 2.30. The number of aryl methyl sites for hydroxylation is 2. The maximum atomic E-state index is 12.8. The SMILES string of the molecule is Cc1ccc(S(=O)(=O)OCCCc2cn(-c3cccc(C(F)(F)F)c3)nn2)cc1. The van der Waals surface area contributed by atoms with Crippen molar-refractivity contribution in [3.05, 3.63) is 71.5 Å². The number of halogens is 3. The topological polar surface area (TPSA) is 74.1 Å². The molecule has 0 saturated carbocycles. The molecule has 0 amide bonds. The van der Waals surface area contributed by atoms with E-state index in [1.54, 1.807) is 12.1 Å². The number of rotatable bonds is 7. The Balaban J connectivity index is 1.57. The number of hydrogen-bond acceptors (Lipinski definition) is 5. The van der Waals surface area contributed by atoms with E-state index in [9.17, 15) is 21.6 Å². The van der Waals surface area contributed by atoms with Crippen molar-refractivity contribution < 1.29 is 25.8 Å². The Bertz CT molecular complexity index is 1080. The van der Waals surface area contributed by atoms with E-state index in [1.807, 2.05) is 6.92 Å². The van der Waals surface area contributed by atoms with Crippen molar-refractivity contribution in [2.24, 2.45) is 0 Å². The molecule has 0 unspecified atom stereocenters. The molecule has 154 valence electrons. The van der Waals surface area contributed by atoms with Crippen LogP contribution in [0.5, 0.6) is 0 Å². The molecule has 0 saturated heterocycles. The number of benzene rings is 2. The Labute approximate surface area is 166 Å². The van der Waals surface area contributed by atoms with Crippen LogP contribution in [-0.4, -0.2) is 30.0 Å². The molecule has 0 aliphatic heterocycles. The van der Waals surface area contributed by atoms with Gasteiger partial charge in [0.25, 0.3) is 10.1 Å². The Hall–Kier alpha value is -2.72. The summed E-state index contributed by atoms with van der Waals surface area (Å²) in [4.78, 5) is 0.0820. The summed E-state index contributed by atoms with van der Waals surface area (Å²) < 4.78 is 69.0. The fraction of sp³-hybridized carbons (Fsp3) is 0.263. The molecule has 10 heteroatoms. The maximum Gasteiger partial charge on any atom is 0.416 e. The standard InChI is InChI=1S/C19H18F3N3O3S/c1-14-7-9-18(10-8-14)29(26,27)28-11-3-5-16-13-25(24-23-16)17-6-2-4-15(12-17)19(20,21)22/h2,4,6-10,12-13H,3,5,11H2,1H3. The van der Waals surface area contributed by atoms with E-state index in [-0.39, 0.29) is 17.2 Å². The van der Waals surface area contributed by atoms with Gasteiger partial charge in [-0.3, -0.25) is 4.18 Å². The highest BCUT2D eigenvalue weighted by Gasteiger charge is 2.30. The lowest BCUT2D eigenvalue weighted by molar-refractivity contribution is -0.137. The number of nitrogens with zero attached hydrogens (tertiary/aromatic N) is 3. The minimum atomic E-state index is -4.44. The van der Waals surface area contributed by atoms with Crippen LogP contribution in [0.4, 0.5) is 13.2 Å². The van der Waals surface area contributed by atoms with Crippen molar-refractivity contribution in [2.75, 3.05) is 6.61 Å². The van der Waals surface area contributed by atoms with Crippen molar-refractivity contribution in [3.8, 4) is 5.69 Å². The van der Waals surface area contributed by atoms with Crippen molar-refractivity contribution in [2.45, 2.75) is 30.8 Å². The number of hydrogen-bond donors (Lipinski definition) is 0. The van der Waals surface area contributed by atoms with Gasteiger partial charge < -0.3 is 0 Å². The van der Waals surface area contributed by atoms with E-state index >= 15 is 0 Å². The third kappa shape index (κ3) is 5.42. The van der Waals surface area contributed by atoms with Crippen molar-refractivity contribution in [3.63, 3.8) is 0 Å². The van der Waals surface area contributed by atoms with Gasteiger partial charge in [0.05, 0.1) is 34.6 Å². The molecule has 0 aliphatic carbocycles. The summed E-state index contributed by atoms with van der Waals surface area (Å²) in [7, 11) is -3.84. The summed E-state index contributed by atoms with van der Waals surface area (Å²) in [5.74, 6) is 0. The second-order valence-electron chi connectivity index (χ2n) is 6.40. The van der Waals surface area contributed by atoms with Crippen LogP contribution in [0.2, 0.25) is 0 Å². The van der Waals surface area contributed by atoms with Crippen LogP contribution in [0.15, 0.2) is 59.6 Å². The van der Waals surface area contributed by atoms with Gasteiger partial charge in [-0.25, -0.2) is 4.68 Å². The summed E-state index contributed by atoms with van der Waals surface area (Å²) in [6.45, 7) is 1.80. The lowest BCUT2D eigenvalue weighted by Gasteiger charge is -2.08. The summed E-state index contributed by atoms with van der Waals surface area (Å²) in [5.41, 5.74) is 0.907. The second-order valence-corrected chi connectivity index (χ2v) is 8.01. The van der Waals surface area contributed by atoms with Crippen LogP contribution in [0, 0.1) is 6.92 Å². The first-order chi connectivity index (χ1) is 13.6. The minimum absolute atomic E-state index is 0.0490. The van der Waals surface area contributed by atoms with Gasteiger partial charge in [-0.15, -0.1) is 5.10 Å². The molecule has 0 bridgehead atoms. The predicted molar refractivity (Wildman–Crippen MR) is 99.0 cm³/mol. The normalized spacial score (nSPS) is 12.3. The summed E-state index contributed by atoms with van der Waals surface area (Å²) in [6.07, 6.45) is -2.22. The maximum absolute atomic E-state index is 12.8. The van der Waals surface area contributed by atoms with Crippen LogP contribution in [-0.2, 0) is 26.9 Å². The molecule has 2 aromatic carbocycles. The molecule has 29 heavy (non-hydrogen) atoms. The molecule has 1 heterocycles. The second kappa shape index (κ2) is 8.34. The van der Waals surface area contributed by atoms with E-state index in [4.69, 9.17) is 4.18 Å². The van der Waals surface area contributed by atoms with Gasteiger partial charge in [-0.2, -0.15) is 21.6 Å². The first-order valence-corrected chi connectivity index (χ1v) is 10.1. The lowest BCUT2D eigenvalue weighted by Crippen LogP contribution is -2.08. The quantitative estimate of drug-likeness (QED) is 0.424. The molecule has 3 rings (SSSR count). The van der Waals surface area contributed by atoms with Crippen molar-refractivity contribution in [1.82, 2.24) is 15.0 Å². The molecule has 0 spiro atoms. The molecule has 0 fully saturated rings. The monoisotopic (exact) mass is 425 g/mol. The van der Waals surface area contributed by atoms with E-state index in [0.29, 0.717) is 18.5 Å². The van der Waals surface area contributed by atoms with E-state index in [2.05, 4.69) is 10.3 Å². The van der Waals surface area contributed by atoms with Gasteiger partial charge in [0, 0.05) is 0 Å². The third-order valence-corrected chi connectivity index (χ3v) is 5.43. The highest BCUT2D eigenvalue weighted by molar-refractivity contribution is 7.86. The molecule has 0 radical (unpaired) electrons. The van der Waals surface area contributed by atoms with Crippen LogP contribution >= 0.6 is 0 Å². The van der Waals surface area contributed by atoms with Gasteiger partial charge in [-0.1, -0.05) is 29.0 Å². The highest BCUT2D eigenvalue weighted by atomic mass is 32.2. The average molecular weight is 425 g/mol. The van der Waals surface area contributed by atoms with E-state index in [0.717, 1.165) is 17.7 Å². The summed E-state index contributed by atoms with van der Waals surface area (Å²) >= 11 is 0. The Morgan fingerprint density at radius 2 is 1.83 bits per heavy atom. The molecule has 6 nitrogen and oxygen atoms in total. The molecular weight excluding hydrogens is 407 g/mol. The largest absolute Gasteiger partial charge is 0.416 e. The molecular formula is C19H18F3N3O3S. The van der Waals surface area contributed by atoms with Crippen LogP contribution in [0.3, 0.4) is 0 Å². The fourth-order valence-corrected chi connectivity index (χ4v) is 3.50. The predicted octanol–water partition coefficient (Wildman–Crippen LogP) is 3.93. The first kappa shape index (κ1) is 21.0. The Morgan fingerprint density at radius 1 is 1.10 bits per heavy atom. The molecule has 0 aliphatic rings. The molecule has 3 aromatic rings. The zero-order chi connectivity index (χ0) is 21.1. The van der Waals surface area contributed by atoms with E-state index in [1.165, 1.54) is 35.1 Å². The zero-order valence-electron chi connectivity index (χ0n) is 15.4. The summed E-state index contributed by atoms with van der Waals surface area (Å²) in [6, 6.07) is 11.1. The fourth-order valence-electron chi connectivity index (χ4n) is 2.56. The van der Waals surface area contributed by atoms with Crippen LogP contribution in [0.1, 0.15) is 23.2 Å². The molecule has 0 N–H and O–H groups in total. The van der Waals surface area contributed by atoms with Gasteiger partial charge >= 0.3 is 6.18 Å². The van der Waals surface area contributed by atoms with Crippen LogP contribution in [0.25, 0.3) is 5.69 Å². The van der Waals surface area contributed by atoms with Crippen LogP contribution < -0.4 is 0 Å². The van der Waals surface area contributed by atoms with Gasteiger partial charge in [0.2, 0.25) is 0 Å². The number of aromatic nitrogens is 3. The van der Waals surface area contributed by atoms with Crippen molar-refractivity contribution >= 4 is 10.1 Å². The minimum Gasteiger partial charge on any atom is -0.266 e. The molecule has 0 atom stereocenters.